The molecule has 1 unspecified atom stereocenters. The molecule has 28 heavy (non-hydrogen) atoms. The smallest absolute Gasteiger partial charge is 0.185 e. The molecule has 0 bridgehead atoms. The Bertz CT molecular complexity index is 569. The van der Waals surface area contributed by atoms with Gasteiger partial charge in [-0.05, 0) is 31.6 Å². The number of hydrogen-bond acceptors (Lipinski definition) is 3. The van der Waals surface area contributed by atoms with Crippen LogP contribution in [0.15, 0.2) is 43.0 Å². The van der Waals surface area contributed by atoms with Crippen LogP contribution in [0.4, 0.5) is 0 Å². The third-order valence-electron chi connectivity index (χ3n) is 5.22. The van der Waals surface area contributed by atoms with E-state index in [1.807, 2.05) is 24.3 Å². The fourth-order valence-electron chi connectivity index (χ4n) is 3.83. The molecule has 1 saturated heterocycles. The maximum atomic E-state index is 6.66. The van der Waals surface area contributed by atoms with Crippen LogP contribution in [-0.4, -0.2) is 32.7 Å². The van der Waals surface area contributed by atoms with Gasteiger partial charge >= 0.3 is 0 Å². The van der Waals surface area contributed by atoms with Crippen LogP contribution < -0.4 is 0 Å². The second-order valence-corrected chi connectivity index (χ2v) is 13.4. The molecule has 0 radical (unpaired) electrons. The lowest BCUT2D eigenvalue weighted by atomic mass is 9.90. The van der Waals surface area contributed by atoms with E-state index < -0.39 is 8.32 Å². The fraction of sp³-hybridized carbons (Fsp3) is 0.667. The first-order valence-electron chi connectivity index (χ1n) is 11.0. The molecular weight excluding hydrogens is 364 g/mol. The summed E-state index contributed by atoms with van der Waals surface area (Å²) in [4.78, 5) is 0. The first kappa shape index (κ1) is 23.3. The second-order valence-electron chi connectivity index (χ2n) is 8.99. The van der Waals surface area contributed by atoms with E-state index in [2.05, 4.69) is 45.3 Å². The highest BCUT2D eigenvalue weighted by Crippen LogP contribution is 2.41. The van der Waals surface area contributed by atoms with Crippen LogP contribution in [0.2, 0.25) is 19.6 Å². The van der Waals surface area contributed by atoms with Crippen molar-refractivity contribution in [2.75, 3.05) is 6.61 Å². The molecule has 0 spiro atoms. The van der Waals surface area contributed by atoms with Gasteiger partial charge in [0, 0.05) is 0 Å². The lowest BCUT2D eigenvalue weighted by Gasteiger charge is -2.36. The summed E-state index contributed by atoms with van der Waals surface area (Å²) in [6, 6.07) is 10.3. The van der Waals surface area contributed by atoms with Gasteiger partial charge in [0.15, 0.2) is 8.32 Å². The van der Waals surface area contributed by atoms with Gasteiger partial charge in [0.2, 0.25) is 0 Å². The fourth-order valence-corrected chi connectivity index (χ4v) is 5.27. The van der Waals surface area contributed by atoms with Crippen molar-refractivity contribution < 1.29 is 13.9 Å². The van der Waals surface area contributed by atoms with Gasteiger partial charge in [0.25, 0.3) is 0 Å². The number of ether oxygens (including phenoxy) is 2. The summed E-state index contributed by atoms with van der Waals surface area (Å²) in [5.74, 6) is 0. The zero-order chi connectivity index (χ0) is 20.5. The predicted octanol–water partition coefficient (Wildman–Crippen LogP) is 6.50. The minimum Gasteiger partial charge on any atom is -0.406 e. The van der Waals surface area contributed by atoms with Gasteiger partial charge in [0.1, 0.15) is 17.8 Å². The van der Waals surface area contributed by atoms with Crippen LogP contribution in [-0.2, 0) is 20.5 Å². The summed E-state index contributed by atoms with van der Waals surface area (Å²) in [5.41, 5.74) is 0.829. The van der Waals surface area contributed by atoms with Crippen molar-refractivity contribution in [2.24, 2.45) is 0 Å². The Morgan fingerprint density at radius 2 is 1.75 bits per heavy atom. The van der Waals surface area contributed by atoms with Crippen molar-refractivity contribution in [2.45, 2.75) is 95.9 Å². The van der Waals surface area contributed by atoms with Crippen molar-refractivity contribution in [1.29, 1.82) is 0 Å². The van der Waals surface area contributed by atoms with Gasteiger partial charge in [0.05, 0.1) is 13.2 Å². The standard InChI is InChI=1S/C24H40O3Si/c1-6-8-9-10-11-15-18-24(7-2,27-28(3,4)5)23-22(26-23)20-25-19-21-16-13-12-14-17-21/h7,12-14,16-17,22-23H,2,6,8-11,15,18-20H2,1,3-5H3/t22-,23+,24?/m0/s1. The highest BCUT2D eigenvalue weighted by molar-refractivity contribution is 6.69. The molecule has 0 saturated carbocycles. The molecule has 4 heteroatoms. The molecule has 0 aliphatic carbocycles. The van der Waals surface area contributed by atoms with Gasteiger partial charge in [-0.3, -0.25) is 0 Å². The van der Waals surface area contributed by atoms with Gasteiger partial charge in [-0.1, -0.05) is 81.9 Å². The van der Waals surface area contributed by atoms with Gasteiger partial charge in [-0.15, -0.1) is 6.58 Å². The van der Waals surface area contributed by atoms with Crippen LogP contribution in [0.5, 0.6) is 0 Å². The molecule has 1 aromatic rings. The van der Waals surface area contributed by atoms with E-state index >= 15 is 0 Å². The minimum absolute atomic E-state index is 0.0724. The number of rotatable bonds is 15. The Morgan fingerprint density at radius 3 is 2.39 bits per heavy atom. The van der Waals surface area contributed by atoms with E-state index in [1.165, 1.54) is 37.7 Å². The first-order valence-corrected chi connectivity index (χ1v) is 14.4. The largest absolute Gasteiger partial charge is 0.406 e. The van der Waals surface area contributed by atoms with Crippen molar-refractivity contribution >= 4 is 8.32 Å². The average Bonchev–Trinajstić information content (AvgIpc) is 3.44. The van der Waals surface area contributed by atoms with E-state index in [0.717, 1.165) is 12.8 Å². The zero-order valence-corrected chi connectivity index (χ0v) is 19.4. The molecule has 1 aromatic carbocycles. The Kier molecular flexibility index (Phi) is 9.41. The lowest BCUT2D eigenvalue weighted by molar-refractivity contribution is 0.0656. The molecule has 1 aliphatic rings. The number of unbranched alkanes of at least 4 members (excludes halogenated alkanes) is 5. The van der Waals surface area contributed by atoms with Gasteiger partial charge in [-0.2, -0.15) is 0 Å². The first-order chi connectivity index (χ1) is 13.4. The molecule has 1 fully saturated rings. The highest BCUT2D eigenvalue weighted by atomic mass is 28.4. The van der Waals surface area contributed by atoms with E-state index in [0.29, 0.717) is 13.2 Å². The van der Waals surface area contributed by atoms with Crippen LogP contribution in [0, 0.1) is 0 Å². The van der Waals surface area contributed by atoms with Gasteiger partial charge in [-0.25, -0.2) is 0 Å². The molecule has 0 amide bonds. The maximum absolute atomic E-state index is 6.66. The monoisotopic (exact) mass is 404 g/mol. The molecular formula is C24H40O3Si. The SMILES string of the molecule is C=CC(CCCCCCCC)(O[Si](C)(C)C)[C@@H]1O[C@H]1COCc1ccccc1. The Morgan fingerprint density at radius 1 is 1.07 bits per heavy atom. The summed E-state index contributed by atoms with van der Waals surface area (Å²) >= 11 is 0. The van der Waals surface area contributed by atoms with Crippen LogP contribution in [0.3, 0.4) is 0 Å². The van der Waals surface area contributed by atoms with Crippen LogP contribution in [0.1, 0.15) is 57.4 Å². The highest BCUT2D eigenvalue weighted by Gasteiger charge is 2.55. The maximum Gasteiger partial charge on any atom is 0.185 e. The second kappa shape index (κ2) is 11.3. The van der Waals surface area contributed by atoms with E-state index in [4.69, 9.17) is 13.9 Å². The molecule has 158 valence electrons. The number of benzene rings is 1. The Labute approximate surface area is 173 Å². The molecule has 3 nitrogen and oxygen atoms in total. The van der Waals surface area contributed by atoms with Crippen molar-refractivity contribution in [3.8, 4) is 0 Å². The minimum atomic E-state index is -1.72. The Balaban J connectivity index is 1.85. The zero-order valence-electron chi connectivity index (χ0n) is 18.4. The molecule has 1 heterocycles. The quantitative estimate of drug-likeness (QED) is 0.145. The summed E-state index contributed by atoms with van der Waals surface area (Å²) in [5, 5.41) is 0. The normalized spacial score (nSPS) is 21.3. The lowest BCUT2D eigenvalue weighted by Crippen LogP contribution is -2.46. The van der Waals surface area contributed by atoms with E-state index in [1.54, 1.807) is 0 Å². The number of hydrogen-bond donors (Lipinski definition) is 0. The number of epoxide rings is 1. The third kappa shape index (κ3) is 7.82. The van der Waals surface area contributed by atoms with Crippen LogP contribution in [0.25, 0.3) is 0 Å². The Hall–Kier alpha value is -0.943. The van der Waals surface area contributed by atoms with Crippen molar-refractivity contribution in [1.82, 2.24) is 0 Å². The molecule has 3 atom stereocenters. The molecule has 1 aliphatic heterocycles. The summed E-state index contributed by atoms with van der Waals surface area (Å²) in [6.45, 7) is 14.4. The van der Waals surface area contributed by atoms with E-state index in [-0.39, 0.29) is 17.8 Å². The van der Waals surface area contributed by atoms with E-state index in [9.17, 15) is 0 Å². The molecule has 0 N–H and O–H groups in total. The van der Waals surface area contributed by atoms with Crippen LogP contribution >= 0.6 is 0 Å². The van der Waals surface area contributed by atoms with Gasteiger partial charge < -0.3 is 13.9 Å². The molecule has 0 aromatic heterocycles. The average molecular weight is 405 g/mol. The van der Waals surface area contributed by atoms with Crippen molar-refractivity contribution in [3.63, 3.8) is 0 Å². The molecule has 2 rings (SSSR count). The summed E-state index contributed by atoms with van der Waals surface area (Å²) < 4.78 is 18.6. The van der Waals surface area contributed by atoms with Crippen molar-refractivity contribution in [3.05, 3.63) is 48.6 Å². The topological polar surface area (TPSA) is 31.0 Å². The predicted molar refractivity (Wildman–Crippen MR) is 120 cm³/mol. The third-order valence-corrected chi connectivity index (χ3v) is 6.21. The summed E-state index contributed by atoms with van der Waals surface area (Å²) in [7, 11) is -1.72. The summed E-state index contributed by atoms with van der Waals surface area (Å²) in [6.07, 6.45) is 10.9.